The van der Waals surface area contributed by atoms with Gasteiger partial charge < -0.3 is 9.30 Å². The van der Waals surface area contributed by atoms with Gasteiger partial charge in [0, 0.05) is 12.3 Å². The monoisotopic (exact) mass is 391 g/mol. The number of nitrogens with zero attached hydrogens (tertiary/aromatic N) is 2. The number of benzene rings is 2. The molecule has 26 heavy (non-hydrogen) atoms. The molecule has 1 aromatic heterocycles. The third-order valence-corrected chi connectivity index (χ3v) is 5.85. The Hall–Kier alpha value is -2.03. The topological polar surface area (TPSA) is 87.2 Å². The van der Waals surface area contributed by atoms with Gasteiger partial charge in [-0.15, -0.1) is 0 Å². The van der Waals surface area contributed by atoms with Gasteiger partial charge in [-0.05, 0) is 43.7 Å². The number of fused-ring (bicyclic) bond motifs is 1. The van der Waals surface area contributed by atoms with Crippen molar-refractivity contribution >= 4 is 32.8 Å². The average Bonchev–Trinajstić information content (AvgIpc) is 2.96. The highest BCUT2D eigenvalue weighted by atomic mass is 32.2. The van der Waals surface area contributed by atoms with Gasteiger partial charge in [0.25, 0.3) is 0 Å². The predicted octanol–water partition coefficient (Wildman–Crippen LogP) is 3.18. The van der Waals surface area contributed by atoms with Crippen LogP contribution in [0.25, 0.3) is 11.0 Å². The first-order valence-corrected chi connectivity index (χ1v) is 10.8. The summed E-state index contributed by atoms with van der Waals surface area (Å²) >= 11 is 1.58. The minimum atomic E-state index is -3.74. The summed E-state index contributed by atoms with van der Waals surface area (Å²) in [6.07, 6.45) is 0. The number of hydrogen-bond acceptors (Lipinski definition) is 5. The third kappa shape index (κ3) is 4.03. The Labute approximate surface area is 157 Å². The Morgan fingerprint density at radius 3 is 2.69 bits per heavy atom. The lowest BCUT2D eigenvalue weighted by atomic mass is 10.2. The maximum atomic E-state index is 11.5. The fourth-order valence-corrected chi connectivity index (χ4v) is 4.11. The van der Waals surface area contributed by atoms with Gasteiger partial charge in [-0.2, -0.15) is 0 Å². The molecule has 0 aliphatic rings. The maximum absolute atomic E-state index is 11.5. The second kappa shape index (κ2) is 7.69. The van der Waals surface area contributed by atoms with Gasteiger partial charge in [-0.1, -0.05) is 30.0 Å². The van der Waals surface area contributed by atoms with Gasteiger partial charge in [0.2, 0.25) is 10.0 Å². The standard InChI is InChI=1S/C18H21N3O3S2/c1-3-21-16-9-8-14(26(19,22)23)12-15(16)20-18(21)25-11-10-24-17-7-5-4-6-13(17)2/h4-9,12H,3,10-11H2,1-2H3,(H2,19,22,23). The Kier molecular flexibility index (Phi) is 5.55. The van der Waals surface area contributed by atoms with Crippen molar-refractivity contribution in [3.05, 3.63) is 48.0 Å². The van der Waals surface area contributed by atoms with Crippen molar-refractivity contribution < 1.29 is 13.2 Å². The molecule has 3 rings (SSSR count). The number of hydrogen-bond donors (Lipinski definition) is 1. The van der Waals surface area contributed by atoms with E-state index in [0.29, 0.717) is 12.1 Å². The fraction of sp³-hybridized carbons (Fsp3) is 0.278. The summed E-state index contributed by atoms with van der Waals surface area (Å²) < 4.78 is 30.9. The van der Waals surface area contributed by atoms with E-state index in [9.17, 15) is 8.42 Å². The fourth-order valence-electron chi connectivity index (χ4n) is 2.68. The number of rotatable bonds is 7. The molecule has 3 aromatic rings. The number of imidazole rings is 1. The molecule has 0 aliphatic heterocycles. The van der Waals surface area contributed by atoms with Gasteiger partial charge in [0.15, 0.2) is 5.16 Å². The van der Waals surface area contributed by atoms with Gasteiger partial charge in [-0.25, -0.2) is 18.5 Å². The molecule has 0 radical (unpaired) electrons. The SMILES string of the molecule is CCn1c(SCCOc2ccccc2C)nc2cc(S(N)(=O)=O)ccc21. The van der Waals surface area contributed by atoms with Crippen molar-refractivity contribution in [2.24, 2.45) is 5.14 Å². The lowest BCUT2D eigenvalue weighted by Crippen LogP contribution is -2.11. The van der Waals surface area contributed by atoms with Crippen LogP contribution in [0.3, 0.4) is 0 Å². The molecule has 138 valence electrons. The summed E-state index contributed by atoms with van der Waals surface area (Å²) in [5.41, 5.74) is 2.62. The molecule has 0 amide bonds. The molecule has 2 N–H and O–H groups in total. The Morgan fingerprint density at radius 2 is 2.00 bits per heavy atom. The lowest BCUT2D eigenvalue weighted by molar-refractivity contribution is 0.341. The molecular weight excluding hydrogens is 370 g/mol. The zero-order valence-corrected chi connectivity index (χ0v) is 16.3. The second-order valence-corrected chi connectivity index (χ2v) is 8.42. The smallest absolute Gasteiger partial charge is 0.238 e. The molecule has 0 fully saturated rings. The molecule has 0 saturated carbocycles. The Bertz CT molecular complexity index is 1030. The average molecular weight is 392 g/mol. The van der Waals surface area contributed by atoms with Crippen LogP contribution >= 0.6 is 11.8 Å². The predicted molar refractivity (Wildman–Crippen MR) is 104 cm³/mol. The number of primary sulfonamides is 1. The van der Waals surface area contributed by atoms with Gasteiger partial charge in [-0.3, -0.25) is 0 Å². The van der Waals surface area contributed by atoms with Crippen molar-refractivity contribution in [1.82, 2.24) is 9.55 Å². The van der Waals surface area contributed by atoms with E-state index in [4.69, 9.17) is 9.88 Å². The molecule has 0 atom stereocenters. The van der Waals surface area contributed by atoms with Crippen LogP contribution in [0.1, 0.15) is 12.5 Å². The maximum Gasteiger partial charge on any atom is 0.238 e. The number of ether oxygens (including phenoxy) is 1. The van der Waals surface area contributed by atoms with E-state index in [-0.39, 0.29) is 4.90 Å². The molecule has 6 nitrogen and oxygen atoms in total. The molecule has 2 aromatic carbocycles. The molecule has 0 bridgehead atoms. The Balaban J connectivity index is 1.74. The summed E-state index contributed by atoms with van der Waals surface area (Å²) in [6.45, 7) is 5.35. The summed E-state index contributed by atoms with van der Waals surface area (Å²) in [4.78, 5) is 4.64. The molecule has 0 saturated heterocycles. The van der Waals surface area contributed by atoms with E-state index in [0.717, 1.165) is 34.3 Å². The second-order valence-electron chi connectivity index (χ2n) is 5.80. The molecule has 0 spiro atoms. The Morgan fingerprint density at radius 1 is 1.23 bits per heavy atom. The van der Waals surface area contributed by atoms with E-state index in [1.54, 1.807) is 17.8 Å². The van der Waals surface area contributed by atoms with Crippen LogP contribution in [-0.4, -0.2) is 30.3 Å². The number of thioether (sulfide) groups is 1. The van der Waals surface area contributed by atoms with Gasteiger partial charge >= 0.3 is 0 Å². The molecule has 8 heteroatoms. The zero-order valence-electron chi connectivity index (χ0n) is 14.7. The van der Waals surface area contributed by atoms with E-state index in [1.807, 2.05) is 38.1 Å². The van der Waals surface area contributed by atoms with Crippen LogP contribution in [0.2, 0.25) is 0 Å². The summed E-state index contributed by atoms with van der Waals surface area (Å²) in [7, 11) is -3.74. The van der Waals surface area contributed by atoms with Gasteiger partial charge in [0.05, 0.1) is 22.5 Å². The third-order valence-electron chi connectivity index (χ3n) is 4.00. The molecule has 0 unspecified atom stereocenters. The van der Waals surface area contributed by atoms with Crippen molar-refractivity contribution in [1.29, 1.82) is 0 Å². The summed E-state index contributed by atoms with van der Waals surface area (Å²) in [5.74, 6) is 1.62. The number of aryl methyl sites for hydroxylation is 2. The van der Waals surface area contributed by atoms with Crippen LogP contribution in [0.4, 0.5) is 0 Å². The first-order valence-electron chi connectivity index (χ1n) is 8.24. The molecule has 1 heterocycles. The van der Waals surface area contributed by atoms with Crippen molar-refractivity contribution in [3.8, 4) is 5.75 Å². The highest BCUT2D eigenvalue weighted by Crippen LogP contribution is 2.26. The normalized spacial score (nSPS) is 11.8. The van der Waals surface area contributed by atoms with Crippen LogP contribution in [-0.2, 0) is 16.6 Å². The van der Waals surface area contributed by atoms with Crippen LogP contribution in [0.5, 0.6) is 5.75 Å². The highest BCUT2D eigenvalue weighted by Gasteiger charge is 2.14. The minimum Gasteiger partial charge on any atom is -0.492 e. The van der Waals surface area contributed by atoms with Crippen molar-refractivity contribution in [3.63, 3.8) is 0 Å². The first-order chi connectivity index (χ1) is 12.4. The largest absolute Gasteiger partial charge is 0.492 e. The lowest BCUT2D eigenvalue weighted by Gasteiger charge is -2.09. The number of para-hydroxylation sites is 1. The number of aromatic nitrogens is 2. The molecular formula is C18H21N3O3S2. The number of nitrogens with two attached hydrogens (primary N) is 1. The summed E-state index contributed by atoms with van der Waals surface area (Å²) in [6, 6.07) is 12.7. The zero-order chi connectivity index (χ0) is 18.7. The summed E-state index contributed by atoms with van der Waals surface area (Å²) in [5, 5.41) is 6.04. The van der Waals surface area contributed by atoms with Crippen LogP contribution < -0.4 is 9.88 Å². The number of sulfonamides is 1. The van der Waals surface area contributed by atoms with Crippen molar-refractivity contribution in [2.75, 3.05) is 12.4 Å². The highest BCUT2D eigenvalue weighted by molar-refractivity contribution is 7.99. The molecule has 0 aliphatic carbocycles. The van der Waals surface area contributed by atoms with E-state index < -0.39 is 10.0 Å². The van der Waals surface area contributed by atoms with E-state index in [1.165, 1.54) is 12.1 Å². The van der Waals surface area contributed by atoms with Crippen molar-refractivity contribution in [2.45, 2.75) is 30.4 Å². The first kappa shape index (κ1) is 18.8. The van der Waals surface area contributed by atoms with E-state index >= 15 is 0 Å². The quantitative estimate of drug-likeness (QED) is 0.494. The van der Waals surface area contributed by atoms with E-state index in [2.05, 4.69) is 9.55 Å². The van der Waals surface area contributed by atoms with Crippen LogP contribution in [0, 0.1) is 6.92 Å². The van der Waals surface area contributed by atoms with Crippen LogP contribution in [0.15, 0.2) is 52.5 Å². The minimum absolute atomic E-state index is 0.0742. The van der Waals surface area contributed by atoms with Gasteiger partial charge in [0.1, 0.15) is 5.75 Å².